The van der Waals surface area contributed by atoms with Crippen LogP contribution in [-0.4, -0.2) is 51.3 Å². The Balaban J connectivity index is 2.37. The Morgan fingerprint density at radius 1 is 1.00 bits per heavy atom. The van der Waals surface area contributed by atoms with E-state index in [-0.39, 0.29) is 18.3 Å². The zero-order valence-electron chi connectivity index (χ0n) is 10.6. The molecule has 0 spiro atoms. The molecule has 1 fully saturated rings. The van der Waals surface area contributed by atoms with Crippen molar-refractivity contribution in [2.45, 2.75) is 45.5 Å². The van der Waals surface area contributed by atoms with Crippen molar-refractivity contribution < 1.29 is 18.9 Å². The summed E-state index contributed by atoms with van der Waals surface area (Å²) in [4.78, 5) is 0. The molecule has 0 radical (unpaired) electrons. The molecule has 0 aliphatic carbocycles. The summed E-state index contributed by atoms with van der Waals surface area (Å²) < 4.78 is 22.4. The van der Waals surface area contributed by atoms with E-state index in [9.17, 15) is 0 Å². The molecule has 0 aromatic carbocycles. The van der Waals surface area contributed by atoms with Gasteiger partial charge in [-0.1, -0.05) is 0 Å². The summed E-state index contributed by atoms with van der Waals surface area (Å²) in [6.45, 7) is 9.41. The fraction of sp³-hybridized carbons (Fsp3) is 1.00. The summed E-state index contributed by atoms with van der Waals surface area (Å²) in [7, 11) is 0. The van der Waals surface area contributed by atoms with E-state index in [4.69, 9.17) is 18.9 Å². The van der Waals surface area contributed by atoms with Crippen LogP contribution < -0.4 is 0 Å². The largest absolute Gasteiger partial charge is 0.379 e. The molecule has 1 heterocycles. The van der Waals surface area contributed by atoms with Crippen LogP contribution in [0, 0.1) is 0 Å². The molecule has 0 bridgehead atoms. The molecule has 3 atom stereocenters. The van der Waals surface area contributed by atoms with Gasteiger partial charge in [0, 0.05) is 26.2 Å². The van der Waals surface area contributed by atoms with Gasteiger partial charge in [-0.3, -0.25) is 0 Å². The highest BCUT2D eigenvalue weighted by Gasteiger charge is 2.32. The Kier molecular flexibility index (Phi) is 6.96. The molecule has 0 saturated carbocycles. The summed E-state index contributed by atoms with van der Waals surface area (Å²) in [5, 5.41) is 0. The molecule has 1 aliphatic heterocycles. The monoisotopic (exact) mass is 232 g/mol. The zero-order valence-corrected chi connectivity index (χ0v) is 10.6. The van der Waals surface area contributed by atoms with Crippen LogP contribution in [0.1, 0.15) is 27.2 Å². The molecule has 4 nitrogen and oxygen atoms in total. The van der Waals surface area contributed by atoms with Crippen molar-refractivity contribution in [1.82, 2.24) is 0 Å². The molecule has 1 aliphatic rings. The second kappa shape index (κ2) is 8.01. The Hall–Kier alpha value is -0.160. The molecule has 1 saturated heterocycles. The molecule has 0 aromatic rings. The maximum absolute atomic E-state index is 5.70. The fourth-order valence-corrected chi connectivity index (χ4v) is 1.94. The van der Waals surface area contributed by atoms with Crippen molar-refractivity contribution in [2.24, 2.45) is 0 Å². The Morgan fingerprint density at radius 2 is 1.69 bits per heavy atom. The number of ether oxygens (including phenoxy) is 4. The van der Waals surface area contributed by atoms with Gasteiger partial charge in [-0.2, -0.15) is 0 Å². The van der Waals surface area contributed by atoms with Crippen LogP contribution in [0.2, 0.25) is 0 Å². The minimum atomic E-state index is 0.0721. The van der Waals surface area contributed by atoms with Gasteiger partial charge in [0.2, 0.25) is 0 Å². The van der Waals surface area contributed by atoms with E-state index in [1.54, 1.807) is 0 Å². The summed E-state index contributed by atoms with van der Waals surface area (Å²) in [5.74, 6) is 0. The fourth-order valence-electron chi connectivity index (χ4n) is 1.94. The topological polar surface area (TPSA) is 36.9 Å². The van der Waals surface area contributed by atoms with Gasteiger partial charge in [0.1, 0.15) is 6.10 Å². The van der Waals surface area contributed by atoms with Crippen LogP contribution in [-0.2, 0) is 18.9 Å². The average Bonchev–Trinajstić information content (AvgIpc) is 2.30. The van der Waals surface area contributed by atoms with Crippen LogP contribution in [0.4, 0.5) is 0 Å². The minimum Gasteiger partial charge on any atom is -0.379 e. The third-order valence-electron chi connectivity index (χ3n) is 2.68. The lowest BCUT2D eigenvalue weighted by Gasteiger charge is -2.35. The lowest BCUT2D eigenvalue weighted by molar-refractivity contribution is -0.170. The number of hydrogen-bond acceptors (Lipinski definition) is 4. The average molecular weight is 232 g/mol. The normalized spacial score (nSPS) is 30.6. The SMILES string of the molecule is CCOCC1CC(OCC)C(OCC)CO1. The quantitative estimate of drug-likeness (QED) is 0.668. The lowest BCUT2D eigenvalue weighted by Crippen LogP contribution is -2.45. The van der Waals surface area contributed by atoms with Crippen molar-refractivity contribution in [2.75, 3.05) is 33.0 Å². The van der Waals surface area contributed by atoms with Gasteiger partial charge in [-0.05, 0) is 20.8 Å². The van der Waals surface area contributed by atoms with E-state index >= 15 is 0 Å². The third kappa shape index (κ3) is 4.37. The first-order valence-corrected chi connectivity index (χ1v) is 6.24. The van der Waals surface area contributed by atoms with Crippen LogP contribution >= 0.6 is 0 Å². The first kappa shape index (κ1) is 13.9. The first-order valence-electron chi connectivity index (χ1n) is 6.24. The Labute approximate surface area is 98.2 Å². The van der Waals surface area contributed by atoms with E-state index in [2.05, 4.69) is 0 Å². The van der Waals surface area contributed by atoms with E-state index in [1.807, 2.05) is 20.8 Å². The maximum Gasteiger partial charge on any atom is 0.107 e. The zero-order chi connectivity index (χ0) is 11.8. The summed E-state index contributed by atoms with van der Waals surface area (Å²) in [6, 6.07) is 0. The first-order chi connectivity index (χ1) is 7.81. The Bertz CT molecular complexity index is 174. The third-order valence-corrected chi connectivity index (χ3v) is 2.68. The highest BCUT2D eigenvalue weighted by molar-refractivity contribution is 4.80. The standard InChI is InChI=1S/C12H24O4/c1-4-13-8-10-7-11(14-5-2)12(9-16-10)15-6-3/h10-12H,4-9H2,1-3H3. The lowest BCUT2D eigenvalue weighted by atomic mass is 10.0. The molecular formula is C12H24O4. The molecule has 4 heteroatoms. The van der Waals surface area contributed by atoms with Crippen molar-refractivity contribution in [3.8, 4) is 0 Å². The van der Waals surface area contributed by atoms with E-state index in [0.29, 0.717) is 19.8 Å². The van der Waals surface area contributed by atoms with E-state index < -0.39 is 0 Å². The molecule has 0 N–H and O–H groups in total. The molecular weight excluding hydrogens is 208 g/mol. The second-order valence-corrected chi connectivity index (χ2v) is 3.84. The molecule has 96 valence electrons. The summed E-state index contributed by atoms with van der Waals surface area (Å²) >= 11 is 0. The van der Waals surface area contributed by atoms with Crippen LogP contribution in [0.3, 0.4) is 0 Å². The number of rotatable bonds is 7. The highest BCUT2D eigenvalue weighted by atomic mass is 16.6. The predicted molar refractivity (Wildman–Crippen MR) is 61.7 cm³/mol. The molecule has 3 unspecified atom stereocenters. The van der Waals surface area contributed by atoms with Gasteiger partial charge in [-0.15, -0.1) is 0 Å². The van der Waals surface area contributed by atoms with Crippen LogP contribution in [0.5, 0.6) is 0 Å². The van der Waals surface area contributed by atoms with Crippen molar-refractivity contribution >= 4 is 0 Å². The summed E-state index contributed by atoms with van der Waals surface area (Å²) in [6.07, 6.45) is 1.22. The molecule has 1 rings (SSSR count). The summed E-state index contributed by atoms with van der Waals surface area (Å²) in [5.41, 5.74) is 0. The van der Waals surface area contributed by atoms with Crippen LogP contribution in [0.25, 0.3) is 0 Å². The second-order valence-electron chi connectivity index (χ2n) is 3.84. The van der Waals surface area contributed by atoms with Crippen LogP contribution in [0.15, 0.2) is 0 Å². The van der Waals surface area contributed by atoms with Gasteiger partial charge in [0.25, 0.3) is 0 Å². The predicted octanol–water partition coefficient (Wildman–Crippen LogP) is 1.62. The highest BCUT2D eigenvalue weighted by Crippen LogP contribution is 2.20. The van der Waals surface area contributed by atoms with Gasteiger partial charge in [0.15, 0.2) is 0 Å². The van der Waals surface area contributed by atoms with E-state index in [1.165, 1.54) is 0 Å². The van der Waals surface area contributed by atoms with Gasteiger partial charge in [0.05, 0.1) is 25.4 Å². The minimum absolute atomic E-state index is 0.0721. The van der Waals surface area contributed by atoms with E-state index in [0.717, 1.165) is 19.6 Å². The van der Waals surface area contributed by atoms with Crippen molar-refractivity contribution in [3.63, 3.8) is 0 Å². The Morgan fingerprint density at radius 3 is 2.31 bits per heavy atom. The van der Waals surface area contributed by atoms with Gasteiger partial charge in [-0.25, -0.2) is 0 Å². The maximum atomic E-state index is 5.70. The van der Waals surface area contributed by atoms with Crippen molar-refractivity contribution in [1.29, 1.82) is 0 Å². The molecule has 0 amide bonds. The van der Waals surface area contributed by atoms with Gasteiger partial charge < -0.3 is 18.9 Å². The number of hydrogen-bond donors (Lipinski definition) is 0. The molecule has 16 heavy (non-hydrogen) atoms. The molecule has 0 aromatic heterocycles. The van der Waals surface area contributed by atoms with Gasteiger partial charge >= 0.3 is 0 Å². The van der Waals surface area contributed by atoms with Crippen molar-refractivity contribution in [3.05, 3.63) is 0 Å². The smallest absolute Gasteiger partial charge is 0.107 e.